The van der Waals surface area contributed by atoms with Gasteiger partial charge in [0.2, 0.25) is 0 Å². The SMILES string of the molecule is COc1ccccc1Sc1ccc(CC[C@](C)(NC(=O)OC(C)(C)C)C(=O)O)c(Cl)c1. The van der Waals surface area contributed by atoms with Crippen molar-refractivity contribution in [3.63, 3.8) is 0 Å². The molecule has 0 saturated carbocycles. The number of aliphatic carboxylic acids is 1. The van der Waals surface area contributed by atoms with Gasteiger partial charge >= 0.3 is 12.1 Å². The van der Waals surface area contributed by atoms with E-state index in [1.807, 2.05) is 42.5 Å². The molecule has 31 heavy (non-hydrogen) atoms. The highest BCUT2D eigenvalue weighted by Crippen LogP contribution is 2.36. The Morgan fingerprint density at radius 1 is 1.13 bits per heavy atom. The molecule has 2 rings (SSSR count). The molecule has 1 atom stereocenters. The summed E-state index contributed by atoms with van der Waals surface area (Å²) in [5, 5.41) is 12.7. The molecule has 2 N–H and O–H groups in total. The smallest absolute Gasteiger partial charge is 0.408 e. The summed E-state index contributed by atoms with van der Waals surface area (Å²) < 4.78 is 10.6. The van der Waals surface area contributed by atoms with Crippen LogP contribution in [0.3, 0.4) is 0 Å². The number of para-hydroxylation sites is 1. The average molecular weight is 466 g/mol. The summed E-state index contributed by atoms with van der Waals surface area (Å²) in [6.45, 7) is 6.61. The van der Waals surface area contributed by atoms with E-state index in [0.29, 0.717) is 11.4 Å². The predicted octanol–water partition coefficient (Wildman–Crippen LogP) is 5.80. The number of nitrogens with one attached hydrogen (secondary N) is 1. The van der Waals surface area contributed by atoms with Gasteiger partial charge in [0.05, 0.1) is 12.0 Å². The normalized spacial score (nSPS) is 13.2. The summed E-state index contributed by atoms with van der Waals surface area (Å²) in [5.74, 6) is -0.365. The third kappa shape index (κ3) is 7.36. The minimum atomic E-state index is -1.49. The van der Waals surface area contributed by atoms with E-state index in [1.54, 1.807) is 27.9 Å². The van der Waals surface area contributed by atoms with Gasteiger partial charge in [0.25, 0.3) is 0 Å². The largest absolute Gasteiger partial charge is 0.496 e. The Labute approximate surface area is 192 Å². The zero-order chi connectivity index (χ0) is 23.2. The quantitative estimate of drug-likeness (QED) is 0.512. The van der Waals surface area contributed by atoms with Crippen LogP contribution in [0.15, 0.2) is 52.3 Å². The lowest BCUT2D eigenvalue weighted by atomic mass is 9.93. The fraction of sp³-hybridized carbons (Fsp3) is 0.391. The lowest BCUT2D eigenvalue weighted by molar-refractivity contribution is -0.144. The second kappa shape index (κ2) is 10.3. The fourth-order valence-electron chi connectivity index (χ4n) is 2.76. The number of rotatable bonds is 8. The molecule has 0 unspecified atom stereocenters. The van der Waals surface area contributed by atoms with Crippen molar-refractivity contribution in [2.24, 2.45) is 0 Å². The summed E-state index contributed by atoms with van der Waals surface area (Å²) in [6.07, 6.45) is -0.246. The van der Waals surface area contributed by atoms with E-state index >= 15 is 0 Å². The van der Waals surface area contributed by atoms with Gasteiger partial charge in [-0.05, 0) is 70.4 Å². The molecule has 0 fully saturated rings. The van der Waals surface area contributed by atoms with E-state index in [2.05, 4.69) is 5.32 Å². The van der Waals surface area contributed by atoms with Crippen LogP contribution in [0.4, 0.5) is 4.79 Å². The molecule has 2 aromatic carbocycles. The van der Waals surface area contributed by atoms with Crippen molar-refractivity contribution in [1.82, 2.24) is 5.32 Å². The molecule has 6 nitrogen and oxygen atoms in total. The van der Waals surface area contributed by atoms with Gasteiger partial charge in [-0.15, -0.1) is 0 Å². The number of hydrogen-bond donors (Lipinski definition) is 2. The second-order valence-electron chi connectivity index (χ2n) is 8.27. The van der Waals surface area contributed by atoms with E-state index < -0.39 is 23.2 Å². The third-order valence-corrected chi connectivity index (χ3v) is 5.86. The zero-order valence-corrected chi connectivity index (χ0v) is 19.9. The summed E-state index contributed by atoms with van der Waals surface area (Å²) in [6, 6.07) is 13.3. The highest BCUT2D eigenvalue weighted by Gasteiger charge is 2.36. The monoisotopic (exact) mass is 465 g/mol. The Kier molecular flexibility index (Phi) is 8.26. The van der Waals surface area contributed by atoms with Crippen LogP contribution in [0.5, 0.6) is 5.75 Å². The minimum absolute atomic E-state index is 0.153. The number of carboxylic acid groups (broad SMARTS) is 1. The Bertz CT molecular complexity index is 944. The Hall–Kier alpha value is -2.38. The molecule has 0 aliphatic rings. The molecular formula is C23H28ClNO5S. The number of carboxylic acids is 1. The van der Waals surface area contributed by atoms with Crippen LogP contribution in [-0.4, -0.2) is 35.4 Å². The van der Waals surface area contributed by atoms with E-state index in [1.165, 1.54) is 18.7 Å². The van der Waals surface area contributed by atoms with Crippen LogP contribution in [-0.2, 0) is 16.0 Å². The molecule has 0 aliphatic carbocycles. The first-order chi connectivity index (χ1) is 14.4. The maximum atomic E-state index is 12.1. The van der Waals surface area contributed by atoms with Gasteiger partial charge in [-0.2, -0.15) is 0 Å². The van der Waals surface area contributed by atoms with Gasteiger partial charge < -0.3 is 19.9 Å². The first kappa shape index (κ1) is 24.9. The summed E-state index contributed by atoms with van der Waals surface area (Å²) in [5.41, 5.74) is -1.41. The third-order valence-electron chi connectivity index (χ3n) is 4.46. The molecule has 0 aromatic heterocycles. The number of alkyl carbamates (subject to hydrolysis) is 1. The molecule has 8 heteroatoms. The number of aryl methyl sites for hydroxylation is 1. The molecule has 168 valence electrons. The van der Waals surface area contributed by atoms with E-state index in [9.17, 15) is 14.7 Å². The number of carbonyl (C=O) groups is 2. The average Bonchev–Trinajstić information content (AvgIpc) is 2.66. The summed E-state index contributed by atoms with van der Waals surface area (Å²) in [7, 11) is 1.63. The molecule has 0 saturated heterocycles. The lowest BCUT2D eigenvalue weighted by Gasteiger charge is -2.28. The standard InChI is InChI=1S/C23H28ClNO5S/c1-22(2,3)30-21(28)25-23(4,20(26)27)13-12-15-10-11-16(14-17(15)24)31-19-9-7-6-8-18(19)29-5/h6-11,14H,12-13H2,1-5H3,(H,25,28)(H,26,27)/t23-/m0/s1. The number of carbonyl (C=O) groups excluding carboxylic acids is 1. The van der Waals surface area contributed by atoms with Crippen molar-refractivity contribution in [2.75, 3.05) is 7.11 Å². The lowest BCUT2D eigenvalue weighted by Crippen LogP contribution is -2.53. The predicted molar refractivity (Wildman–Crippen MR) is 122 cm³/mol. The number of amides is 1. The molecule has 2 aromatic rings. The molecule has 1 amide bonds. The van der Waals surface area contributed by atoms with Gasteiger partial charge in [-0.3, -0.25) is 0 Å². The summed E-state index contributed by atoms with van der Waals surface area (Å²) in [4.78, 5) is 25.8. The maximum Gasteiger partial charge on any atom is 0.408 e. The van der Waals surface area contributed by atoms with Gasteiger partial charge in [-0.25, -0.2) is 9.59 Å². The number of benzene rings is 2. The van der Waals surface area contributed by atoms with Gasteiger partial charge in [0.1, 0.15) is 16.9 Å². The highest BCUT2D eigenvalue weighted by atomic mass is 35.5. The van der Waals surface area contributed by atoms with Crippen molar-refractivity contribution < 1.29 is 24.2 Å². The van der Waals surface area contributed by atoms with Crippen LogP contribution >= 0.6 is 23.4 Å². The van der Waals surface area contributed by atoms with Gasteiger partial charge in [0.15, 0.2) is 0 Å². The van der Waals surface area contributed by atoms with Crippen molar-refractivity contribution in [3.8, 4) is 5.75 Å². The maximum absolute atomic E-state index is 12.1. The minimum Gasteiger partial charge on any atom is -0.496 e. The fourth-order valence-corrected chi connectivity index (χ4v) is 4.07. The van der Waals surface area contributed by atoms with E-state index in [4.69, 9.17) is 21.1 Å². The topological polar surface area (TPSA) is 84.9 Å². The molecule has 0 spiro atoms. The highest BCUT2D eigenvalue weighted by molar-refractivity contribution is 7.99. The van der Waals surface area contributed by atoms with Gasteiger partial charge in [0, 0.05) is 9.92 Å². The first-order valence-corrected chi connectivity index (χ1v) is 11.0. The molecule has 0 radical (unpaired) electrons. The number of hydrogen-bond acceptors (Lipinski definition) is 5. The van der Waals surface area contributed by atoms with Crippen LogP contribution in [0, 0.1) is 0 Å². The Morgan fingerprint density at radius 2 is 1.81 bits per heavy atom. The second-order valence-corrected chi connectivity index (χ2v) is 9.79. The van der Waals surface area contributed by atoms with Crippen LogP contribution in [0.2, 0.25) is 5.02 Å². The molecular weight excluding hydrogens is 438 g/mol. The van der Waals surface area contributed by atoms with Crippen molar-refractivity contribution in [1.29, 1.82) is 0 Å². The van der Waals surface area contributed by atoms with Crippen LogP contribution in [0.25, 0.3) is 0 Å². The Balaban J connectivity index is 2.09. The van der Waals surface area contributed by atoms with E-state index in [-0.39, 0.29) is 6.42 Å². The number of halogens is 1. The first-order valence-electron chi connectivity index (χ1n) is 9.77. The number of ether oxygens (including phenoxy) is 2. The van der Waals surface area contributed by atoms with Gasteiger partial charge in [-0.1, -0.05) is 41.6 Å². The summed E-state index contributed by atoms with van der Waals surface area (Å²) >= 11 is 7.99. The molecule has 0 aliphatic heterocycles. The van der Waals surface area contributed by atoms with E-state index in [0.717, 1.165) is 21.1 Å². The van der Waals surface area contributed by atoms with Crippen LogP contribution in [0.1, 0.15) is 39.7 Å². The molecule has 0 heterocycles. The molecule has 0 bridgehead atoms. The Morgan fingerprint density at radius 3 is 2.39 bits per heavy atom. The van der Waals surface area contributed by atoms with Crippen LogP contribution < -0.4 is 10.1 Å². The van der Waals surface area contributed by atoms with Crippen molar-refractivity contribution in [3.05, 3.63) is 53.1 Å². The van der Waals surface area contributed by atoms with Crippen molar-refractivity contribution >= 4 is 35.4 Å². The zero-order valence-electron chi connectivity index (χ0n) is 18.3. The number of methoxy groups -OCH3 is 1. The van der Waals surface area contributed by atoms with Crippen molar-refractivity contribution in [2.45, 2.75) is 61.5 Å².